The SMILES string of the molecule is CO[C@H]1O[C@H](COC(=O)[C@H](O)CO)[C@@H](O)[C@H](O)[C@H]1O. The quantitative estimate of drug-likeness (QED) is 0.322. The zero-order chi connectivity index (χ0) is 14.6. The standard InChI is InChI=1S/C10H18O9/c1-17-10-8(15)7(14)6(13)5(19-10)3-18-9(16)4(12)2-11/h4-8,10-15H,2-3H2,1H3/t4-,5-,6-,7+,8-,10+/m1/s1. The van der Waals surface area contributed by atoms with Crippen molar-refractivity contribution in [2.24, 2.45) is 0 Å². The second kappa shape index (κ2) is 7.10. The van der Waals surface area contributed by atoms with Crippen molar-refractivity contribution < 1.29 is 44.5 Å². The van der Waals surface area contributed by atoms with Crippen LogP contribution in [0.1, 0.15) is 0 Å². The summed E-state index contributed by atoms with van der Waals surface area (Å²) in [6.07, 6.45) is -8.43. The monoisotopic (exact) mass is 282 g/mol. The van der Waals surface area contributed by atoms with Crippen molar-refractivity contribution in [3.8, 4) is 0 Å². The first-order chi connectivity index (χ1) is 8.92. The van der Waals surface area contributed by atoms with Crippen LogP contribution in [0.25, 0.3) is 0 Å². The molecule has 0 aliphatic carbocycles. The molecule has 0 aromatic rings. The zero-order valence-corrected chi connectivity index (χ0v) is 10.2. The molecule has 9 heteroatoms. The normalized spacial score (nSPS) is 36.8. The lowest BCUT2D eigenvalue weighted by Gasteiger charge is -2.39. The highest BCUT2D eigenvalue weighted by molar-refractivity contribution is 5.74. The van der Waals surface area contributed by atoms with Gasteiger partial charge < -0.3 is 39.7 Å². The van der Waals surface area contributed by atoms with Crippen LogP contribution in [0.5, 0.6) is 0 Å². The van der Waals surface area contributed by atoms with Gasteiger partial charge in [-0.15, -0.1) is 0 Å². The Morgan fingerprint density at radius 3 is 2.42 bits per heavy atom. The Morgan fingerprint density at radius 1 is 1.26 bits per heavy atom. The van der Waals surface area contributed by atoms with Crippen LogP contribution < -0.4 is 0 Å². The summed E-state index contributed by atoms with van der Waals surface area (Å²) in [5.74, 6) is -1.09. The van der Waals surface area contributed by atoms with Crippen molar-refractivity contribution in [1.82, 2.24) is 0 Å². The molecule has 112 valence electrons. The van der Waals surface area contributed by atoms with Gasteiger partial charge in [-0.1, -0.05) is 0 Å². The van der Waals surface area contributed by atoms with Gasteiger partial charge in [0.2, 0.25) is 0 Å². The Morgan fingerprint density at radius 2 is 1.89 bits per heavy atom. The number of methoxy groups -OCH3 is 1. The lowest BCUT2D eigenvalue weighted by Crippen LogP contribution is -2.59. The molecule has 1 heterocycles. The number of rotatable bonds is 5. The lowest BCUT2D eigenvalue weighted by molar-refractivity contribution is -0.295. The van der Waals surface area contributed by atoms with Crippen molar-refractivity contribution in [1.29, 1.82) is 0 Å². The maximum atomic E-state index is 11.1. The van der Waals surface area contributed by atoms with Gasteiger partial charge in [-0.2, -0.15) is 0 Å². The van der Waals surface area contributed by atoms with E-state index in [2.05, 4.69) is 4.74 Å². The van der Waals surface area contributed by atoms with Crippen LogP contribution in [-0.4, -0.2) is 88.6 Å². The molecule has 0 unspecified atom stereocenters. The van der Waals surface area contributed by atoms with E-state index in [1.807, 2.05) is 0 Å². The number of carbonyl (C=O) groups excluding carboxylic acids is 1. The fraction of sp³-hybridized carbons (Fsp3) is 0.900. The molecule has 0 spiro atoms. The average Bonchev–Trinajstić information content (AvgIpc) is 2.42. The maximum Gasteiger partial charge on any atom is 0.337 e. The van der Waals surface area contributed by atoms with E-state index in [0.717, 1.165) is 0 Å². The largest absolute Gasteiger partial charge is 0.461 e. The molecule has 9 nitrogen and oxygen atoms in total. The molecule has 0 aromatic heterocycles. The number of carbonyl (C=O) groups is 1. The van der Waals surface area contributed by atoms with Crippen LogP contribution in [0.3, 0.4) is 0 Å². The molecule has 0 radical (unpaired) electrons. The number of hydrogen-bond donors (Lipinski definition) is 5. The van der Waals surface area contributed by atoms with Gasteiger partial charge in [-0.05, 0) is 0 Å². The zero-order valence-electron chi connectivity index (χ0n) is 10.2. The second-order valence-electron chi connectivity index (χ2n) is 4.08. The molecule has 1 saturated heterocycles. The first-order valence-electron chi connectivity index (χ1n) is 5.60. The third kappa shape index (κ3) is 3.83. The van der Waals surface area contributed by atoms with Gasteiger partial charge in [0.05, 0.1) is 6.61 Å². The highest BCUT2D eigenvalue weighted by atomic mass is 16.7. The minimum Gasteiger partial charge on any atom is -0.461 e. The first-order valence-corrected chi connectivity index (χ1v) is 5.60. The van der Waals surface area contributed by atoms with E-state index in [1.165, 1.54) is 7.11 Å². The van der Waals surface area contributed by atoms with Crippen LogP contribution >= 0.6 is 0 Å². The summed E-state index contributed by atoms with van der Waals surface area (Å²) in [6, 6.07) is 0. The summed E-state index contributed by atoms with van der Waals surface area (Å²) in [5.41, 5.74) is 0. The van der Waals surface area contributed by atoms with Crippen LogP contribution in [0, 0.1) is 0 Å². The predicted octanol–water partition coefficient (Wildman–Crippen LogP) is -3.66. The molecular formula is C10H18O9. The maximum absolute atomic E-state index is 11.1. The third-order valence-electron chi connectivity index (χ3n) is 2.74. The minimum atomic E-state index is -1.69. The fourth-order valence-corrected chi connectivity index (χ4v) is 1.58. The van der Waals surface area contributed by atoms with Crippen LogP contribution in [-0.2, 0) is 19.0 Å². The van der Waals surface area contributed by atoms with E-state index in [9.17, 15) is 20.1 Å². The summed E-state index contributed by atoms with van der Waals surface area (Å²) >= 11 is 0. The van der Waals surface area contributed by atoms with Crippen molar-refractivity contribution >= 4 is 5.97 Å². The lowest BCUT2D eigenvalue weighted by atomic mass is 9.99. The van der Waals surface area contributed by atoms with E-state index in [4.69, 9.17) is 19.7 Å². The molecule has 6 atom stereocenters. The van der Waals surface area contributed by atoms with E-state index in [1.54, 1.807) is 0 Å². The molecule has 1 rings (SSSR count). The number of hydrogen-bond acceptors (Lipinski definition) is 9. The first kappa shape index (κ1) is 16.2. The molecule has 0 amide bonds. The predicted molar refractivity (Wildman–Crippen MR) is 57.7 cm³/mol. The molecule has 1 aliphatic heterocycles. The minimum absolute atomic E-state index is 0.472. The highest BCUT2D eigenvalue weighted by Crippen LogP contribution is 2.21. The van der Waals surface area contributed by atoms with Crippen molar-refractivity contribution in [2.45, 2.75) is 36.8 Å². The van der Waals surface area contributed by atoms with Crippen LogP contribution in [0.2, 0.25) is 0 Å². The van der Waals surface area contributed by atoms with Gasteiger partial charge in [0.25, 0.3) is 0 Å². The van der Waals surface area contributed by atoms with E-state index in [0.29, 0.717) is 0 Å². The topological polar surface area (TPSA) is 146 Å². The molecule has 19 heavy (non-hydrogen) atoms. The number of aliphatic hydroxyl groups is 5. The van der Waals surface area contributed by atoms with Crippen molar-refractivity contribution in [2.75, 3.05) is 20.3 Å². The highest BCUT2D eigenvalue weighted by Gasteiger charge is 2.44. The molecule has 5 N–H and O–H groups in total. The number of esters is 1. The Balaban J connectivity index is 2.55. The third-order valence-corrected chi connectivity index (χ3v) is 2.74. The van der Waals surface area contributed by atoms with E-state index >= 15 is 0 Å². The van der Waals surface area contributed by atoms with E-state index in [-0.39, 0.29) is 0 Å². The summed E-state index contributed by atoms with van der Waals surface area (Å²) in [7, 11) is 1.23. The van der Waals surface area contributed by atoms with Gasteiger partial charge in [0, 0.05) is 7.11 Å². The van der Waals surface area contributed by atoms with Crippen molar-refractivity contribution in [3.63, 3.8) is 0 Å². The Kier molecular flexibility index (Phi) is 6.07. The Hall–Kier alpha value is -0.810. The molecule has 0 aromatic carbocycles. The van der Waals surface area contributed by atoms with Gasteiger partial charge >= 0.3 is 5.97 Å². The number of ether oxygens (including phenoxy) is 3. The van der Waals surface area contributed by atoms with E-state index < -0.39 is 56.0 Å². The molecule has 1 aliphatic rings. The second-order valence-corrected chi connectivity index (χ2v) is 4.08. The smallest absolute Gasteiger partial charge is 0.337 e. The molecule has 0 bridgehead atoms. The van der Waals surface area contributed by atoms with Gasteiger partial charge in [0.1, 0.15) is 31.0 Å². The Labute approximate surface area is 108 Å². The van der Waals surface area contributed by atoms with Crippen molar-refractivity contribution in [3.05, 3.63) is 0 Å². The fourth-order valence-electron chi connectivity index (χ4n) is 1.58. The summed E-state index contributed by atoms with van der Waals surface area (Å²) < 4.78 is 14.4. The average molecular weight is 282 g/mol. The molecule has 0 saturated carbocycles. The Bertz CT molecular complexity index is 295. The van der Waals surface area contributed by atoms with Gasteiger partial charge in [0.15, 0.2) is 12.4 Å². The summed E-state index contributed by atoms with van der Waals surface area (Å²) in [5, 5.41) is 46.2. The van der Waals surface area contributed by atoms with Gasteiger partial charge in [-0.3, -0.25) is 0 Å². The number of aliphatic hydroxyl groups excluding tert-OH is 5. The summed E-state index contributed by atoms with van der Waals surface area (Å²) in [4.78, 5) is 11.1. The van der Waals surface area contributed by atoms with Crippen LogP contribution in [0.4, 0.5) is 0 Å². The molecule has 1 fully saturated rings. The van der Waals surface area contributed by atoms with Crippen LogP contribution in [0.15, 0.2) is 0 Å². The summed E-state index contributed by atoms with van der Waals surface area (Å²) in [6.45, 7) is -1.27. The molecular weight excluding hydrogens is 264 g/mol. The van der Waals surface area contributed by atoms with Gasteiger partial charge in [-0.25, -0.2) is 4.79 Å².